The standard InChI is InChI=1S/C15H17ClN2O/c1-10-7-12(16)8-11(2)15(10)19-14-6-4-5-13(18-14)9-17-3/h4-8,17H,9H2,1-3H3. The van der Waals surface area contributed by atoms with Crippen LogP contribution in [0.4, 0.5) is 0 Å². The molecule has 0 spiro atoms. The predicted molar refractivity (Wildman–Crippen MR) is 78.0 cm³/mol. The fraction of sp³-hybridized carbons (Fsp3) is 0.267. The third-order valence-corrected chi connectivity index (χ3v) is 2.99. The summed E-state index contributed by atoms with van der Waals surface area (Å²) in [7, 11) is 1.89. The lowest BCUT2D eigenvalue weighted by atomic mass is 10.1. The van der Waals surface area contributed by atoms with Crippen molar-refractivity contribution in [2.75, 3.05) is 7.05 Å². The van der Waals surface area contributed by atoms with E-state index < -0.39 is 0 Å². The van der Waals surface area contributed by atoms with Gasteiger partial charge in [-0.25, -0.2) is 4.98 Å². The second kappa shape index (κ2) is 6.04. The fourth-order valence-corrected chi connectivity index (χ4v) is 2.28. The normalized spacial score (nSPS) is 10.5. The van der Waals surface area contributed by atoms with Gasteiger partial charge in [0.25, 0.3) is 0 Å². The molecular weight excluding hydrogens is 260 g/mol. The Labute approximate surface area is 118 Å². The third-order valence-electron chi connectivity index (χ3n) is 2.77. The van der Waals surface area contributed by atoms with Gasteiger partial charge in [-0.05, 0) is 50.2 Å². The van der Waals surface area contributed by atoms with Gasteiger partial charge in [0.05, 0.1) is 5.69 Å². The van der Waals surface area contributed by atoms with Crippen molar-refractivity contribution >= 4 is 11.6 Å². The number of aryl methyl sites for hydroxylation is 2. The number of rotatable bonds is 4. The molecule has 0 radical (unpaired) electrons. The molecule has 0 unspecified atom stereocenters. The lowest BCUT2D eigenvalue weighted by Gasteiger charge is -2.12. The minimum atomic E-state index is 0.598. The molecule has 100 valence electrons. The van der Waals surface area contributed by atoms with Gasteiger partial charge in [0.2, 0.25) is 5.88 Å². The molecule has 1 heterocycles. The van der Waals surface area contributed by atoms with Crippen LogP contribution < -0.4 is 10.1 Å². The Balaban J connectivity index is 2.28. The van der Waals surface area contributed by atoms with Gasteiger partial charge < -0.3 is 10.1 Å². The summed E-state index contributed by atoms with van der Waals surface area (Å²) in [4.78, 5) is 4.44. The maximum Gasteiger partial charge on any atom is 0.219 e. The molecule has 0 aliphatic heterocycles. The Bertz CT molecular complexity index is 561. The zero-order chi connectivity index (χ0) is 13.8. The van der Waals surface area contributed by atoms with Gasteiger partial charge in [0.1, 0.15) is 5.75 Å². The van der Waals surface area contributed by atoms with Crippen LogP contribution in [0.2, 0.25) is 5.02 Å². The van der Waals surface area contributed by atoms with E-state index in [1.807, 2.05) is 51.2 Å². The lowest BCUT2D eigenvalue weighted by Crippen LogP contribution is -2.07. The number of benzene rings is 1. The van der Waals surface area contributed by atoms with E-state index in [1.165, 1.54) is 0 Å². The molecule has 2 rings (SSSR count). The Hall–Kier alpha value is -1.58. The van der Waals surface area contributed by atoms with Gasteiger partial charge in [-0.3, -0.25) is 0 Å². The van der Waals surface area contributed by atoms with Gasteiger partial charge in [-0.2, -0.15) is 0 Å². The highest BCUT2D eigenvalue weighted by molar-refractivity contribution is 6.30. The van der Waals surface area contributed by atoms with E-state index in [0.29, 0.717) is 5.88 Å². The monoisotopic (exact) mass is 276 g/mol. The summed E-state index contributed by atoms with van der Waals surface area (Å²) in [6.07, 6.45) is 0. The third kappa shape index (κ3) is 3.46. The van der Waals surface area contributed by atoms with Crippen molar-refractivity contribution in [3.63, 3.8) is 0 Å². The lowest BCUT2D eigenvalue weighted by molar-refractivity contribution is 0.453. The van der Waals surface area contributed by atoms with Gasteiger partial charge in [0.15, 0.2) is 0 Å². The zero-order valence-electron chi connectivity index (χ0n) is 11.3. The first-order valence-electron chi connectivity index (χ1n) is 6.15. The number of halogens is 1. The van der Waals surface area contributed by atoms with E-state index >= 15 is 0 Å². The van der Waals surface area contributed by atoms with Crippen molar-refractivity contribution in [1.29, 1.82) is 0 Å². The molecule has 19 heavy (non-hydrogen) atoms. The number of nitrogens with zero attached hydrogens (tertiary/aromatic N) is 1. The first-order valence-corrected chi connectivity index (χ1v) is 6.53. The molecule has 0 aliphatic carbocycles. The summed E-state index contributed by atoms with van der Waals surface area (Å²) in [6, 6.07) is 9.54. The maximum absolute atomic E-state index is 6.01. The zero-order valence-corrected chi connectivity index (χ0v) is 12.1. The SMILES string of the molecule is CNCc1cccc(Oc2c(C)cc(Cl)cc2C)n1. The molecule has 0 fully saturated rings. The average Bonchev–Trinajstić information content (AvgIpc) is 2.35. The van der Waals surface area contributed by atoms with E-state index in [9.17, 15) is 0 Å². The smallest absolute Gasteiger partial charge is 0.219 e. The van der Waals surface area contributed by atoms with E-state index in [-0.39, 0.29) is 0 Å². The van der Waals surface area contributed by atoms with Crippen molar-refractivity contribution in [3.8, 4) is 11.6 Å². The number of ether oxygens (including phenoxy) is 1. The Morgan fingerprint density at radius 3 is 2.53 bits per heavy atom. The van der Waals surface area contributed by atoms with Crippen LogP contribution in [0.3, 0.4) is 0 Å². The highest BCUT2D eigenvalue weighted by Gasteiger charge is 2.08. The highest BCUT2D eigenvalue weighted by atomic mass is 35.5. The van der Waals surface area contributed by atoms with Crippen molar-refractivity contribution in [1.82, 2.24) is 10.3 Å². The largest absolute Gasteiger partial charge is 0.438 e. The minimum absolute atomic E-state index is 0.598. The molecule has 1 N–H and O–H groups in total. The van der Waals surface area contributed by atoms with Gasteiger partial charge in [0, 0.05) is 17.6 Å². The van der Waals surface area contributed by atoms with Crippen molar-refractivity contribution < 1.29 is 4.74 Å². The summed E-state index contributed by atoms with van der Waals surface area (Å²) in [5, 5.41) is 3.79. The summed E-state index contributed by atoms with van der Waals surface area (Å²) in [5.74, 6) is 1.42. The van der Waals surface area contributed by atoms with Crippen molar-refractivity contribution in [2.45, 2.75) is 20.4 Å². The van der Waals surface area contributed by atoms with Crippen molar-refractivity contribution in [3.05, 3.63) is 52.2 Å². The molecule has 4 heteroatoms. The minimum Gasteiger partial charge on any atom is -0.438 e. The van der Waals surface area contributed by atoms with Crippen LogP contribution in [-0.2, 0) is 6.54 Å². The quantitative estimate of drug-likeness (QED) is 0.921. The predicted octanol–water partition coefficient (Wildman–Crippen LogP) is 3.86. The van der Waals surface area contributed by atoms with Crippen LogP contribution in [0.5, 0.6) is 11.6 Å². The molecule has 0 bridgehead atoms. The molecule has 0 saturated carbocycles. The first kappa shape index (κ1) is 13.8. The number of aromatic nitrogens is 1. The fourth-order valence-electron chi connectivity index (χ4n) is 1.96. The second-order valence-corrected chi connectivity index (χ2v) is 4.90. The number of hydrogen-bond donors (Lipinski definition) is 1. The molecule has 0 amide bonds. The number of hydrogen-bond acceptors (Lipinski definition) is 3. The topological polar surface area (TPSA) is 34.1 Å². The first-order chi connectivity index (χ1) is 9.10. The van der Waals surface area contributed by atoms with E-state index in [4.69, 9.17) is 16.3 Å². The van der Waals surface area contributed by atoms with E-state index in [0.717, 1.165) is 34.1 Å². The van der Waals surface area contributed by atoms with Crippen molar-refractivity contribution in [2.24, 2.45) is 0 Å². The summed E-state index contributed by atoms with van der Waals surface area (Å²) < 4.78 is 5.88. The molecule has 1 aromatic heterocycles. The van der Waals surface area contributed by atoms with Gasteiger partial charge >= 0.3 is 0 Å². The highest BCUT2D eigenvalue weighted by Crippen LogP contribution is 2.30. The molecule has 3 nitrogen and oxygen atoms in total. The average molecular weight is 277 g/mol. The maximum atomic E-state index is 6.01. The Morgan fingerprint density at radius 1 is 1.21 bits per heavy atom. The Kier molecular flexibility index (Phi) is 4.40. The van der Waals surface area contributed by atoms with Gasteiger partial charge in [-0.1, -0.05) is 17.7 Å². The Morgan fingerprint density at radius 2 is 1.89 bits per heavy atom. The molecular formula is C15H17ClN2O. The second-order valence-electron chi connectivity index (χ2n) is 4.47. The molecule has 2 aromatic rings. The van der Waals surface area contributed by atoms with Crippen LogP contribution in [-0.4, -0.2) is 12.0 Å². The van der Waals surface area contributed by atoms with Crippen LogP contribution >= 0.6 is 11.6 Å². The molecule has 0 atom stereocenters. The van der Waals surface area contributed by atoms with Crippen LogP contribution in [0.1, 0.15) is 16.8 Å². The number of nitrogens with one attached hydrogen (secondary N) is 1. The summed E-state index contributed by atoms with van der Waals surface area (Å²) in [5.41, 5.74) is 2.96. The molecule has 0 saturated heterocycles. The summed E-state index contributed by atoms with van der Waals surface area (Å²) >= 11 is 6.01. The van der Waals surface area contributed by atoms with Crippen LogP contribution in [0.25, 0.3) is 0 Å². The van der Waals surface area contributed by atoms with Crippen LogP contribution in [0.15, 0.2) is 30.3 Å². The van der Waals surface area contributed by atoms with E-state index in [1.54, 1.807) is 0 Å². The van der Waals surface area contributed by atoms with Crippen LogP contribution in [0, 0.1) is 13.8 Å². The molecule has 0 aliphatic rings. The molecule has 1 aromatic carbocycles. The summed E-state index contributed by atoms with van der Waals surface area (Å²) in [6.45, 7) is 4.67. The van der Waals surface area contributed by atoms with Gasteiger partial charge in [-0.15, -0.1) is 0 Å². The van der Waals surface area contributed by atoms with E-state index in [2.05, 4.69) is 10.3 Å². The number of pyridine rings is 1.